The van der Waals surface area contributed by atoms with E-state index in [0.717, 1.165) is 26.1 Å². The second-order valence-electron chi connectivity index (χ2n) is 5.88. The van der Waals surface area contributed by atoms with E-state index in [-0.39, 0.29) is 12.1 Å². The van der Waals surface area contributed by atoms with Crippen molar-refractivity contribution in [3.05, 3.63) is 0 Å². The highest BCUT2D eigenvalue weighted by Gasteiger charge is 2.24. The van der Waals surface area contributed by atoms with Crippen molar-refractivity contribution in [3.63, 3.8) is 0 Å². The van der Waals surface area contributed by atoms with E-state index in [0.29, 0.717) is 18.4 Å². The molecule has 4 heteroatoms. The Kier molecular flexibility index (Phi) is 5.40. The van der Waals surface area contributed by atoms with Crippen LogP contribution in [0.15, 0.2) is 0 Å². The average molecular weight is 243 g/mol. The summed E-state index contributed by atoms with van der Waals surface area (Å²) in [6.07, 6.45) is 1.52. The van der Waals surface area contributed by atoms with Crippen LogP contribution < -0.4 is 0 Å². The van der Waals surface area contributed by atoms with Crippen molar-refractivity contribution in [2.24, 2.45) is 5.41 Å². The fraction of sp³-hybridized carbons (Fsp3) is 0.923. The molecule has 1 heterocycles. The minimum absolute atomic E-state index is 0.00355. The molecule has 0 spiro atoms. The van der Waals surface area contributed by atoms with Gasteiger partial charge in [-0.3, -0.25) is 9.69 Å². The Labute approximate surface area is 104 Å². The van der Waals surface area contributed by atoms with Crippen molar-refractivity contribution in [2.45, 2.75) is 39.7 Å². The summed E-state index contributed by atoms with van der Waals surface area (Å²) in [5.74, 6) is -0.187. The van der Waals surface area contributed by atoms with Crippen LogP contribution in [-0.2, 0) is 14.3 Å². The third kappa shape index (κ3) is 6.03. The van der Waals surface area contributed by atoms with Gasteiger partial charge in [0.25, 0.3) is 0 Å². The minimum Gasteiger partial charge on any atom is -0.469 e. The molecule has 0 amide bonds. The lowest BCUT2D eigenvalue weighted by molar-refractivity contribution is -0.145. The molecule has 1 fully saturated rings. The molecule has 0 aromatic heterocycles. The van der Waals surface area contributed by atoms with Gasteiger partial charge in [-0.05, 0) is 18.4 Å². The summed E-state index contributed by atoms with van der Waals surface area (Å²) < 4.78 is 10.2. The number of ether oxygens (including phenoxy) is 2. The van der Waals surface area contributed by atoms with Gasteiger partial charge in [0.15, 0.2) is 0 Å². The Morgan fingerprint density at radius 1 is 1.47 bits per heavy atom. The van der Waals surface area contributed by atoms with E-state index < -0.39 is 0 Å². The van der Waals surface area contributed by atoms with Crippen molar-refractivity contribution in [3.8, 4) is 0 Å². The zero-order chi connectivity index (χ0) is 12.9. The lowest BCUT2D eigenvalue weighted by atomic mass is 9.92. The summed E-state index contributed by atoms with van der Waals surface area (Å²) >= 11 is 0. The normalized spacial score (nSPS) is 22.5. The molecular formula is C13H25NO3. The van der Waals surface area contributed by atoms with Crippen molar-refractivity contribution in [1.82, 2.24) is 4.90 Å². The number of morpholine rings is 1. The van der Waals surface area contributed by atoms with Crippen LogP contribution >= 0.6 is 0 Å². The van der Waals surface area contributed by atoms with Crippen LogP contribution in [0.25, 0.3) is 0 Å². The predicted molar refractivity (Wildman–Crippen MR) is 66.9 cm³/mol. The van der Waals surface area contributed by atoms with Gasteiger partial charge in [0.2, 0.25) is 0 Å². The lowest BCUT2D eigenvalue weighted by Crippen LogP contribution is -2.44. The molecule has 4 nitrogen and oxygen atoms in total. The molecule has 100 valence electrons. The van der Waals surface area contributed by atoms with Gasteiger partial charge in [-0.25, -0.2) is 0 Å². The number of esters is 1. The molecule has 0 aromatic rings. The Hall–Kier alpha value is -0.610. The van der Waals surface area contributed by atoms with Crippen LogP contribution in [0, 0.1) is 5.41 Å². The Bertz CT molecular complexity index is 248. The third-order valence-electron chi connectivity index (χ3n) is 3.02. The van der Waals surface area contributed by atoms with Gasteiger partial charge in [0.1, 0.15) is 0 Å². The number of carbonyl (C=O) groups is 1. The molecule has 0 aromatic carbocycles. The van der Waals surface area contributed by atoms with Crippen molar-refractivity contribution < 1.29 is 14.3 Å². The number of rotatable bonds is 4. The van der Waals surface area contributed by atoms with Crippen LogP contribution in [-0.4, -0.2) is 50.3 Å². The van der Waals surface area contributed by atoms with E-state index in [9.17, 15) is 4.79 Å². The van der Waals surface area contributed by atoms with Crippen LogP contribution in [0.5, 0.6) is 0 Å². The molecule has 0 bridgehead atoms. The molecule has 0 aliphatic carbocycles. The first-order valence-corrected chi connectivity index (χ1v) is 6.31. The summed E-state index contributed by atoms with van der Waals surface area (Å²) in [4.78, 5) is 13.6. The van der Waals surface area contributed by atoms with E-state index in [2.05, 4.69) is 30.4 Å². The zero-order valence-corrected chi connectivity index (χ0v) is 11.5. The molecule has 0 saturated carbocycles. The molecule has 1 aliphatic heterocycles. The quantitative estimate of drug-likeness (QED) is 0.704. The molecule has 1 unspecified atom stereocenters. The van der Waals surface area contributed by atoms with E-state index in [1.165, 1.54) is 7.11 Å². The molecule has 1 aliphatic rings. The van der Waals surface area contributed by atoms with Gasteiger partial charge >= 0.3 is 5.97 Å². The smallest absolute Gasteiger partial charge is 0.308 e. The van der Waals surface area contributed by atoms with Crippen LogP contribution in [0.4, 0.5) is 0 Å². The van der Waals surface area contributed by atoms with Crippen molar-refractivity contribution in [2.75, 3.05) is 33.4 Å². The average Bonchev–Trinajstić information content (AvgIpc) is 2.26. The number of hydrogen-bond acceptors (Lipinski definition) is 4. The number of carbonyl (C=O) groups excluding carboxylic acids is 1. The van der Waals surface area contributed by atoms with Gasteiger partial charge in [-0.2, -0.15) is 0 Å². The predicted octanol–water partition coefficient (Wildman–Crippen LogP) is 1.69. The first-order valence-electron chi connectivity index (χ1n) is 6.31. The zero-order valence-electron chi connectivity index (χ0n) is 11.5. The summed E-state index contributed by atoms with van der Waals surface area (Å²) in [7, 11) is 1.42. The fourth-order valence-electron chi connectivity index (χ4n) is 1.87. The highest BCUT2D eigenvalue weighted by atomic mass is 16.5. The summed E-state index contributed by atoms with van der Waals surface area (Å²) in [5, 5.41) is 0. The minimum atomic E-state index is -0.187. The molecule has 1 atom stereocenters. The summed E-state index contributed by atoms with van der Waals surface area (Å²) in [6, 6.07) is 0. The van der Waals surface area contributed by atoms with Gasteiger partial charge < -0.3 is 9.47 Å². The summed E-state index contributed by atoms with van der Waals surface area (Å²) in [6.45, 7) is 10.3. The second-order valence-corrected chi connectivity index (χ2v) is 5.88. The topological polar surface area (TPSA) is 38.8 Å². The first-order chi connectivity index (χ1) is 7.90. The first kappa shape index (κ1) is 14.5. The number of nitrogens with zero attached hydrogens (tertiary/aromatic N) is 1. The SMILES string of the molecule is COC(=O)CC1CN(CCC(C)(C)C)CCO1. The third-order valence-corrected chi connectivity index (χ3v) is 3.02. The van der Waals surface area contributed by atoms with Crippen molar-refractivity contribution in [1.29, 1.82) is 0 Å². The highest BCUT2D eigenvalue weighted by molar-refractivity contribution is 5.69. The van der Waals surface area contributed by atoms with Crippen molar-refractivity contribution >= 4 is 5.97 Å². The van der Waals surface area contributed by atoms with E-state index in [1.54, 1.807) is 0 Å². The standard InChI is InChI=1S/C13H25NO3/c1-13(2,3)5-6-14-7-8-17-11(10-14)9-12(15)16-4/h11H,5-10H2,1-4H3. The molecule has 1 saturated heterocycles. The van der Waals surface area contributed by atoms with Gasteiger partial charge in [0, 0.05) is 13.1 Å². The molecule has 0 radical (unpaired) electrons. The van der Waals surface area contributed by atoms with Crippen LogP contribution in [0.1, 0.15) is 33.6 Å². The molecule has 17 heavy (non-hydrogen) atoms. The monoisotopic (exact) mass is 243 g/mol. The van der Waals surface area contributed by atoms with Crippen LogP contribution in [0.3, 0.4) is 0 Å². The van der Waals surface area contributed by atoms with Gasteiger partial charge in [-0.1, -0.05) is 20.8 Å². The fourth-order valence-corrected chi connectivity index (χ4v) is 1.87. The molecular weight excluding hydrogens is 218 g/mol. The van der Waals surface area contributed by atoms with Gasteiger partial charge in [-0.15, -0.1) is 0 Å². The Balaban J connectivity index is 2.31. The summed E-state index contributed by atoms with van der Waals surface area (Å²) in [5.41, 5.74) is 0.357. The van der Waals surface area contributed by atoms with E-state index >= 15 is 0 Å². The highest BCUT2D eigenvalue weighted by Crippen LogP contribution is 2.20. The van der Waals surface area contributed by atoms with E-state index in [1.807, 2.05) is 0 Å². The largest absolute Gasteiger partial charge is 0.469 e. The second kappa shape index (κ2) is 6.36. The van der Waals surface area contributed by atoms with Gasteiger partial charge in [0.05, 0.1) is 26.2 Å². The molecule has 0 N–H and O–H groups in total. The maximum absolute atomic E-state index is 11.2. The Morgan fingerprint density at radius 3 is 2.76 bits per heavy atom. The maximum Gasteiger partial charge on any atom is 0.308 e. The van der Waals surface area contributed by atoms with E-state index in [4.69, 9.17) is 4.74 Å². The van der Waals surface area contributed by atoms with Crippen LogP contribution in [0.2, 0.25) is 0 Å². The number of hydrogen-bond donors (Lipinski definition) is 0. The molecule has 1 rings (SSSR count). The lowest BCUT2D eigenvalue weighted by Gasteiger charge is -2.34. The Morgan fingerprint density at radius 2 is 2.18 bits per heavy atom. The maximum atomic E-state index is 11.2. The number of methoxy groups -OCH3 is 1.